The van der Waals surface area contributed by atoms with Gasteiger partial charge in [0.1, 0.15) is 21.7 Å². The molecule has 0 aliphatic rings. The minimum atomic E-state index is -3.82. The highest BCUT2D eigenvalue weighted by Crippen LogP contribution is 2.35. The summed E-state index contributed by atoms with van der Waals surface area (Å²) in [6.45, 7) is 2.03. The summed E-state index contributed by atoms with van der Waals surface area (Å²) < 4.78 is 41.4. The number of aromatic nitrogens is 1. The Labute approximate surface area is 212 Å². The maximum Gasteiger partial charge on any atom is 0.279 e. The topological polar surface area (TPSA) is 99.0 Å². The third-order valence-corrected chi connectivity index (χ3v) is 7.82. The minimum Gasteiger partial charge on any atom is -0.495 e. The number of terminal acetylenes is 1. The molecule has 1 heterocycles. The average molecular weight is 522 g/mol. The molecule has 4 rings (SSSR count). The van der Waals surface area contributed by atoms with E-state index in [2.05, 4.69) is 15.6 Å². The van der Waals surface area contributed by atoms with Crippen molar-refractivity contribution in [2.24, 2.45) is 4.99 Å². The van der Waals surface area contributed by atoms with Crippen LogP contribution >= 0.6 is 11.3 Å². The van der Waals surface area contributed by atoms with Crippen molar-refractivity contribution >= 4 is 43.2 Å². The first-order valence-corrected chi connectivity index (χ1v) is 13.0. The highest BCUT2D eigenvalue weighted by Gasteiger charge is 2.18. The summed E-state index contributed by atoms with van der Waals surface area (Å²) >= 11 is 1.24. The molecule has 4 aromatic rings. The number of nitrogens with zero attached hydrogens (tertiary/aromatic N) is 2. The molecule has 0 unspecified atom stereocenters. The first kappa shape index (κ1) is 25.0. The fraction of sp³-hybridized carbons (Fsp3) is 0.154. The van der Waals surface area contributed by atoms with E-state index in [4.69, 9.17) is 15.9 Å². The van der Waals surface area contributed by atoms with Gasteiger partial charge in [-0.05, 0) is 49.4 Å². The molecular formula is C26H23N3O5S2. The highest BCUT2D eigenvalue weighted by molar-refractivity contribution is 7.92. The summed E-state index contributed by atoms with van der Waals surface area (Å²) in [5.41, 5.74) is 2.07. The fourth-order valence-electron chi connectivity index (χ4n) is 3.58. The van der Waals surface area contributed by atoms with Crippen molar-refractivity contribution in [2.75, 3.05) is 18.9 Å². The van der Waals surface area contributed by atoms with E-state index in [0.29, 0.717) is 21.8 Å². The van der Waals surface area contributed by atoms with Crippen LogP contribution in [0.5, 0.6) is 11.5 Å². The van der Waals surface area contributed by atoms with Crippen LogP contribution in [0.1, 0.15) is 15.9 Å². The summed E-state index contributed by atoms with van der Waals surface area (Å²) in [5, 5.41) is 0. The second-order valence-corrected chi connectivity index (χ2v) is 10.4. The Morgan fingerprint density at radius 3 is 2.44 bits per heavy atom. The van der Waals surface area contributed by atoms with Crippen LogP contribution in [-0.4, -0.2) is 33.1 Å². The molecule has 3 aromatic carbocycles. The van der Waals surface area contributed by atoms with E-state index in [1.54, 1.807) is 61.3 Å². The number of carbonyl (C=O) groups is 1. The Hall–Kier alpha value is -4.07. The van der Waals surface area contributed by atoms with Crippen LogP contribution in [0.25, 0.3) is 10.2 Å². The number of hydrogen-bond acceptors (Lipinski definition) is 6. The summed E-state index contributed by atoms with van der Waals surface area (Å²) in [7, 11) is -0.723. The standard InChI is InChI=1S/C26H23N3O5S2/c1-5-15-29-23-21(33-3)13-14-22(34-4)24(23)35-26(29)27-25(30)18-7-6-8-19(16-18)28-36(31,32)20-11-9-17(2)10-12-20/h1,6-14,16,28H,15H2,2-4H3. The number of nitrogens with one attached hydrogen (secondary N) is 1. The largest absolute Gasteiger partial charge is 0.495 e. The number of hydrogen-bond donors (Lipinski definition) is 1. The molecule has 36 heavy (non-hydrogen) atoms. The lowest BCUT2D eigenvalue weighted by molar-refractivity contribution is 0.0998. The third-order valence-electron chi connectivity index (χ3n) is 5.33. The summed E-state index contributed by atoms with van der Waals surface area (Å²) in [4.78, 5) is 17.9. The second-order valence-electron chi connectivity index (χ2n) is 7.74. The van der Waals surface area contributed by atoms with Crippen LogP contribution < -0.4 is 19.0 Å². The zero-order chi connectivity index (χ0) is 25.9. The molecule has 1 aromatic heterocycles. The normalized spacial score (nSPS) is 11.8. The number of carbonyl (C=O) groups excluding carboxylic acids is 1. The average Bonchev–Trinajstić information content (AvgIpc) is 3.21. The van der Waals surface area contributed by atoms with E-state index in [9.17, 15) is 13.2 Å². The molecule has 184 valence electrons. The fourth-order valence-corrected chi connectivity index (χ4v) is 5.76. The minimum absolute atomic E-state index is 0.123. The molecule has 0 aliphatic heterocycles. The van der Waals surface area contributed by atoms with E-state index in [0.717, 1.165) is 10.3 Å². The van der Waals surface area contributed by atoms with Gasteiger partial charge in [-0.2, -0.15) is 4.99 Å². The van der Waals surface area contributed by atoms with E-state index in [-0.39, 0.29) is 22.7 Å². The lowest BCUT2D eigenvalue weighted by Crippen LogP contribution is -2.17. The van der Waals surface area contributed by atoms with E-state index in [1.807, 2.05) is 6.92 Å². The van der Waals surface area contributed by atoms with Gasteiger partial charge in [-0.3, -0.25) is 9.52 Å². The smallest absolute Gasteiger partial charge is 0.279 e. The number of fused-ring (bicyclic) bond motifs is 1. The molecule has 0 saturated heterocycles. The van der Waals surface area contributed by atoms with Gasteiger partial charge in [-0.25, -0.2) is 8.42 Å². The molecular weight excluding hydrogens is 498 g/mol. The summed E-state index contributed by atoms with van der Waals surface area (Å²) in [6.07, 6.45) is 5.59. The van der Waals surface area contributed by atoms with Crippen molar-refractivity contribution in [1.29, 1.82) is 0 Å². The lowest BCUT2D eigenvalue weighted by atomic mass is 10.2. The van der Waals surface area contributed by atoms with Crippen LogP contribution in [-0.2, 0) is 16.6 Å². The zero-order valence-corrected chi connectivity index (χ0v) is 21.4. The third kappa shape index (κ3) is 4.98. The van der Waals surface area contributed by atoms with Crippen molar-refractivity contribution in [3.05, 3.63) is 76.6 Å². The number of rotatable bonds is 7. The SMILES string of the molecule is C#CCn1c(=NC(=O)c2cccc(NS(=O)(=O)c3ccc(C)cc3)c2)sc2c(OC)ccc(OC)c21. The molecule has 10 heteroatoms. The molecule has 0 spiro atoms. The summed E-state index contributed by atoms with van der Waals surface area (Å²) in [5.74, 6) is 3.20. The van der Waals surface area contributed by atoms with Crippen LogP contribution in [0.15, 0.2) is 70.6 Å². The van der Waals surface area contributed by atoms with Crippen molar-refractivity contribution in [3.8, 4) is 23.8 Å². The number of methoxy groups -OCH3 is 2. The van der Waals surface area contributed by atoms with E-state index < -0.39 is 15.9 Å². The van der Waals surface area contributed by atoms with Gasteiger partial charge in [0.15, 0.2) is 4.80 Å². The van der Waals surface area contributed by atoms with Gasteiger partial charge in [0.25, 0.3) is 15.9 Å². The quantitative estimate of drug-likeness (QED) is 0.368. The molecule has 1 N–H and O–H groups in total. The molecule has 1 amide bonds. The zero-order valence-electron chi connectivity index (χ0n) is 19.8. The van der Waals surface area contributed by atoms with Crippen LogP contribution in [0.4, 0.5) is 5.69 Å². The van der Waals surface area contributed by atoms with Crippen molar-refractivity contribution in [2.45, 2.75) is 18.4 Å². The van der Waals surface area contributed by atoms with E-state index >= 15 is 0 Å². The Morgan fingerprint density at radius 1 is 1.08 bits per heavy atom. The first-order chi connectivity index (χ1) is 17.3. The number of amides is 1. The van der Waals surface area contributed by atoms with Crippen LogP contribution in [0.3, 0.4) is 0 Å². The first-order valence-electron chi connectivity index (χ1n) is 10.7. The van der Waals surface area contributed by atoms with Crippen LogP contribution in [0, 0.1) is 19.3 Å². The monoisotopic (exact) mass is 521 g/mol. The number of anilines is 1. The number of aryl methyl sites for hydroxylation is 1. The molecule has 0 saturated carbocycles. The highest BCUT2D eigenvalue weighted by atomic mass is 32.2. The Balaban J connectivity index is 1.74. The van der Waals surface area contributed by atoms with Crippen molar-refractivity contribution < 1.29 is 22.7 Å². The predicted molar refractivity (Wildman–Crippen MR) is 140 cm³/mol. The number of thiazole rings is 1. The molecule has 8 nitrogen and oxygen atoms in total. The Kier molecular flexibility index (Phi) is 7.15. The maximum absolute atomic E-state index is 13.1. The van der Waals surface area contributed by atoms with Gasteiger partial charge in [0.2, 0.25) is 0 Å². The summed E-state index contributed by atoms with van der Waals surface area (Å²) in [6, 6.07) is 16.2. The molecule has 0 bridgehead atoms. The number of ether oxygens (including phenoxy) is 2. The Bertz CT molecular complexity index is 1660. The molecule has 0 fully saturated rings. The molecule has 0 atom stereocenters. The van der Waals surface area contributed by atoms with E-state index in [1.165, 1.54) is 29.5 Å². The van der Waals surface area contributed by atoms with Gasteiger partial charge in [0, 0.05) is 11.3 Å². The maximum atomic E-state index is 13.1. The van der Waals surface area contributed by atoms with Gasteiger partial charge in [-0.15, -0.1) is 6.42 Å². The van der Waals surface area contributed by atoms with Crippen LogP contribution in [0.2, 0.25) is 0 Å². The second kappa shape index (κ2) is 10.3. The van der Waals surface area contributed by atoms with Gasteiger partial charge >= 0.3 is 0 Å². The molecule has 0 radical (unpaired) electrons. The van der Waals surface area contributed by atoms with Crippen molar-refractivity contribution in [3.63, 3.8) is 0 Å². The predicted octanol–water partition coefficient (Wildman–Crippen LogP) is 4.20. The van der Waals surface area contributed by atoms with Gasteiger partial charge < -0.3 is 14.0 Å². The van der Waals surface area contributed by atoms with Gasteiger partial charge in [0.05, 0.1) is 25.7 Å². The number of sulfonamides is 1. The van der Waals surface area contributed by atoms with Gasteiger partial charge in [-0.1, -0.05) is 41.0 Å². The lowest BCUT2D eigenvalue weighted by Gasteiger charge is -2.09. The van der Waals surface area contributed by atoms with Crippen molar-refractivity contribution in [1.82, 2.24) is 4.57 Å². The Morgan fingerprint density at radius 2 is 1.78 bits per heavy atom. The number of benzene rings is 3. The molecule has 0 aliphatic carbocycles.